The highest BCUT2D eigenvalue weighted by atomic mass is 19.1. The van der Waals surface area contributed by atoms with E-state index in [0.717, 1.165) is 0 Å². The highest BCUT2D eigenvalue weighted by Crippen LogP contribution is 2.44. The maximum absolute atomic E-state index is 14.4. The van der Waals surface area contributed by atoms with Crippen molar-refractivity contribution < 1.29 is 32.7 Å². The van der Waals surface area contributed by atoms with Crippen molar-refractivity contribution in [3.8, 4) is 28.2 Å². The SMILES string of the molecule is O=C1CC(c2ccc(-c3ccc(C(=O)O)cc3)o2)c2c(ccc3c(=O)c(-c4ccccc4F)coc23)O1. The number of aromatic carboxylic acids is 1. The van der Waals surface area contributed by atoms with Gasteiger partial charge >= 0.3 is 11.9 Å². The summed E-state index contributed by atoms with van der Waals surface area (Å²) >= 11 is 0. The minimum Gasteiger partial charge on any atom is -0.478 e. The maximum atomic E-state index is 14.4. The van der Waals surface area contributed by atoms with Crippen LogP contribution in [-0.2, 0) is 4.79 Å². The summed E-state index contributed by atoms with van der Waals surface area (Å²) < 4.78 is 31.8. The van der Waals surface area contributed by atoms with Crippen molar-refractivity contribution in [1.29, 1.82) is 0 Å². The first-order valence-electron chi connectivity index (χ1n) is 11.4. The van der Waals surface area contributed by atoms with Gasteiger partial charge in [0.2, 0.25) is 5.43 Å². The second kappa shape index (κ2) is 8.60. The molecule has 1 atom stereocenters. The minimum absolute atomic E-state index is 0.0458. The Morgan fingerprint density at radius 3 is 2.46 bits per heavy atom. The molecule has 6 rings (SSSR count). The molecule has 0 fully saturated rings. The first-order valence-corrected chi connectivity index (χ1v) is 11.4. The van der Waals surface area contributed by atoms with E-state index in [1.807, 2.05) is 0 Å². The van der Waals surface area contributed by atoms with E-state index in [1.165, 1.54) is 48.7 Å². The fourth-order valence-electron chi connectivity index (χ4n) is 4.64. The van der Waals surface area contributed by atoms with Gasteiger partial charge in [0, 0.05) is 16.7 Å². The molecule has 3 heterocycles. The van der Waals surface area contributed by atoms with Crippen molar-refractivity contribution >= 4 is 22.9 Å². The zero-order valence-corrected chi connectivity index (χ0v) is 19.1. The van der Waals surface area contributed by atoms with E-state index < -0.39 is 29.1 Å². The van der Waals surface area contributed by atoms with Gasteiger partial charge in [0.15, 0.2) is 0 Å². The van der Waals surface area contributed by atoms with Crippen LogP contribution < -0.4 is 10.2 Å². The lowest BCUT2D eigenvalue weighted by Crippen LogP contribution is -2.21. The maximum Gasteiger partial charge on any atom is 0.335 e. The van der Waals surface area contributed by atoms with Crippen molar-refractivity contribution in [1.82, 2.24) is 0 Å². The van der Waals surface area contributed by atoms with Gasteiger partial charge in [0.1, 0.15) is 34.9 Å². The first-order chi connectivity index (χ1) is 17.9. The third-order valence-electron chi connectivity index (χ3n) is 6.43. The molecule has 0 radical (unpaired) electrons. The van der Waals surface area contributed by atoms with E-state index in [1.54, 1.807) is 30.3 Å². The minimum atomic E-state index is -1.03. The molecule has 3 aromatic carbocycles. The van der Waals surface area contributed by atoms with E-state index >= 15 is 0 Å². The fourth-order valence-corrected chi connectivity index (χ4v) is 4.64. The zero-order chi connectivity index (χ0) is 25.7. The highest BCUT2D eigenvalue weighted by molar-refractivity contribution is 5.90. The number of hydrogen-bond donors (Lipinski definition) is 1. The molecule has 1 aliphatic rings. The Labute approximate surface area is 208 Å². The average Bonchev–Trinajstić information content (AvgIpc) is 3.39. The van der Waals surface area contributed by atoms with Crippen LogP contribution in [0.15, 0.2) is 92.7 Å². The van der Waals surface area contributed by atoms with Crippen LogP contribution in [0.1, 0.15) is 34.0 Å². The molecule has 0 bridgehead atoms. The summed E-state index contributed by atoms with van der Waals surface area (Å²) in [5.74, 6) is -1.46. The van der Waals surface area contributed by atoms with Crippen LogP contribution in [0, 0.1) is 5.82 Å². The lowest BCUT2D eigenvalue weighted by atomic mass is 9.88. The number of carboxylic acid groups (broad SMARTS) is 1. The number of rotatable bonds is 4. The molecule has 1 aliphatic heterocycles. The van der Waals surface area contributed by atoms with Gasteiger partial charge in [-0.25, -0.2) is 9.18 Å². The molecule has 8 heteroatoms. The predicted molar refractivity (Wildman–Crippen MR) is 131 cm³/mol. The van der Waals surface area contributed by atoms with Crippen molar-refractivity contribution in [3.05, 3.63) is 112 Å². The Balaban J connectivity index is 1.46. The molecular weight excluding hydrogens is 479 g/mol. The van der Waals surface area contributed by atoms with Crippen LogP contribution in [0.25, 0.3) is 33.4 Å². The molecule has 0 amide bonds. The van der Waals surface area contributed by atoms with Crippen LogP contribution in [0.4, 0.5) is 4.39 Å². The summed E-state index contributed by atoms with van der Waals surface area (Å²) in [4.78, 5) is 36.9. The number of esters is 1. The molecule has 0 aliphatic carbocycles. The van der Waals surface area contributed by atoms with E-state index in [4.69, 9.17) is 18.7 Å². The molecular formula is C29H17FO7. The fraction of sp³-hybridized carbons (Fsp3) is 0.0690. The van der Waals surface area contributed by atoms with Crippen LogP contribution in [0.5, 0.6) is 5.75 Å². The molecule has 0 saturated heterocycles. The van der Waals surface area contributed by atoms with Crippen molar-refractivity contribution in [3.63, 3.8) is 0 Å². The Kier molecular flexibility index (Phi) is 5.22. The Morgan fingerprint density at radius 1 is 0.919 bits per heavy atom. The van der Waals surface area contributed by atoms with Crippen molar-refractivity contribution in [2.45, 2.75) is 12.3 Å². The smallest absolute Gasteiger partial charge is 0.335 e. The number of carbonyl (C=O) groups is 2. The standard InChI is InChI=1S/C29H17FO7/c30-21-4-2-1-3-17(21)20-14-35-28-18(27(20)32)9-10-24-26(28)19(13-25(31)37-24)23-12-11-22(36-23)15-5-7-16(8-6-15)29(33)34/h1-12,14,19H,13H2,(H,33,34). The second-order valence-electron chi connectivity index (χ2n) is 8.63. The topological polar surface area (TPSA) is 107 Å². The monoisotopic (exact) mass is 496 g/mol. The molecule has 2 aromatic heterocycles. The number of benzene rings is 3. The molecule has 7 nitrogen and oxygen atoms in total. The number of ether oxygens (including phenoxy) is 1. The lowest BCUT2D eigenvalue weighted by Gasteiger charge is -2.23. The van der Waals surface area contributed by atoms with Gasteiger partial charge < -0.3 is 18.7 Å². The molecule has 1 N–H and O–H groups in total. The Morgan fingerprint density at radius 2 is 1.70 bits per heavy atom. The lowest BCUT2D eigenvalue weighted by molar-refractivity contribution is -0.135. The number of fused-ring (bicyclic) bond motifs is 3. The number of halogens is 1. The molecule has 182 valence electrons. The second-order valence-corrected chi connectivity index (χ2v) is 8.63. The number of hydrogen-bond acceptors (Lipinski definition) is 6. The molecule has 37 heavy (non-hydrogen) atoms. The number of furan rings is 1. The first kappa shape index (κ1) is 22.5. The summed E-state index contributed by atoms with van der Waals surface area (Å²) in [5.41, 5.74) is 1.32. The molecule has 5 aromatic rings. The van der Waals surface area contributed by atoms with E-state index in [2.05, 4.69) is 0 Å². The summed E-state index contributed by atoms with van der Waals surface area (Å²) in [6.45, 7) is 0. The van der Waals surface area contributed by atoms with Gasteiger partial charge in [-0.15, -0.1) is 0 Å². The van der Waals surface area contributed by atoms with Gasteiger partial charge in [-0.2, -0.15) is 0 Å². The third-order valence-corrected chi connectivity index (χ3v) is 6.43. The molecule has 0 spiro atoms. The summed E-state index contributed by atoms with van der Waals surface area (Å²) in [5, 5.41) is 9.34. The number of carbonyl (C=O) groups excluding carboxylic acids is 1. The highest BCUT2D eigenvalue weighted by Gasteiger charge is 2.34. The van der Waals surface area contributed by atoms with Gasteiger partial charge in [0.25, 0.3) is 0 Å². The molecule has 0 saturated carbocycles. The largest absolute Gasteiger partial charge is 0.478 e. The summed E-state index contributed by atoms with van der Waals surface area (Å²) in [6.07, 6.45) is 1.17. The molecule has 1 unspecified atom stereocenters. The van der Waals surface area contributed by atoms with Crippen LogP contribution >= 0.6 is 0 Å². The number of carboxylic acids is 1. The predicted octanol–water partition coefficient (Wildman–Crippen LogP) is 6.00. The Hall–Kier alpha value is -4.98. The van der Waals surface area contributed by atoms with Gasteiger partial charge in [-0.05, 0) is 42.5 Å². The average molecular weight is 496 g/mol. The Bertz CT molecular complexity index is 1760. The van der Waals surface area contributed by atoms with Gasteiger partial charge in [0.05, 0.1) is 28.9 Å². The van der Waals surface area contributed by atoms with Crippen LogP contribution in [0.2, 0.25) is 0 Å². The van der Waals surface area contributed by atoms with Crippen LogP contribution in [-0.4, -0.2) is 17.0 Å². The van der Waals surface area contributed by atoms with Crippen LogP contribution in [0.3, 0.4) is 0 Å². The zero-order valence-electron chi connectivity index (χ0n) is 19.1. The quantitative estimate of drug-likeness (QED) is 0.240. The summed E-state index contributed by atoms with van der Waals surface area (Å²) in [6, 6.07) is 18.6. The third kappa shape index (κ3) is 3.79. The normalized spacial score (nSPS) is 14.8. The van der Waals surface area contributed by atoms with E-state index in [-0.39, 0.29) is 39.8 Å². The van der Waals surface area contributed by atoms with E-state index in [0.29, 0.717) is 22.6 Å². The van der Waals surface area contributed by atoms with Crippen molar-refractivity contribution in [2.75, 3.05) is 0 Å². The van der Waals surface area contributed by atoms with Gasteiger partial charge in [-0.1, -0.05) is 30.3 Å². The van der Waals surface area contributed by atoms with E-state index in [9.17, 15) is 18.8 Å². The van der Waals surface area contributed by atoms with Gasteiger partial charge in [-0.3, -0.25) is 9.59 Å². The summed E-state index contributed by atoms with van der Waals surface area (Å²) in [7, 11) is 0. The van der Waals surface area contributed by atoms with Crippen molar-refractivity contribution in [2.24, 2.45) is 0 Å².